The van der Waals surface area contributed by atoms with E-state index in [0.717, 1.165) is 44.9 Å². The molecule has 0 aliphatic rings. The van der Waals surface area contributed by atoms with Crippen LogP contribution in [0.3, 0.4) is 0 Å². The van der Waals surface area contributed by atoms with Crippen LogP contribution in [0.15, 0.2) is 0 Å². The van der Waals surface area contributed by atoms with Gasteiger partial charge in [-0.2, -0.15) is 0 Å². The normalized spacial score (nSPS) is 11.5. The van der Waals surface area contributed by atoms with E-state index in [4.69, 9.17) is 24.4 Å². The Morgan fingerprint density at radius 3 is 1.43 bits per heavy atom. The van der Waals surface area contributed by atoms with Crippen LogP contribution < -0.4 is 16.0 Å². The van der Waals surface area contributed by atoms with Crippen LogP contribution in [0, 0.1) is 0 Å². The fourth-order valence-corrected chi connectivity index (χ4v) is 4.48. The third kappa shape index (κ3) is 32.6. The first-order valence-electron chi connectivity index (χ1n) is 17.2. The summed E-state index contributed by atoms with van der Waals surface area (Å²) in [6, 6.07) is -1.15. The van der Waals surface area contributed by atoms with E-state index in [9.17, 15) is 28.8 Å². The Kier molecular flexibility index (Phi) is 30.7. The fourth-order valence-electron chi connectivity index (χ4n) is 4.48. The predicted octanol–water partition coefficient (Wildman–Crippen LogP) is 3.14. The van der Waals surface area contributed by atoms with Gasteiger partial charge in [0, 0.05) is 58.4 Å². The second-order valence-electron chi connectivity index (χ2n) is 11.4. The first-order valence-corrected chi connectivity index (χ1v) is 17.2. The summed E-state index contributed by atoms with van der Waals surface area (Å²) >= 11 is 0. The van der Waals surface area contributed by atoms with Gasteiger partial charge < -0.3 is 45.2 Å². The molecule has 272 valence electrons. The van der Waals surface area contributed by atoms with E-state index in [1.54, 1.807) is 0 Å². The molecule has 14 heteroatoms. The van der Waals surface area contributed by atoms with Crippen LogP contribution in [0.5, 0.6) is 0 Å². The zero-order valence-electron chi connectivity index (χ0n) is 28.1. The van der Waals surface area contributed by atoms with E-state index >= 15 is 0 Å². The third-order valence-electron chi connectivity index (χ3n) is 7.15. The minimum absolute atomic E-state index is 0.00404. The molecule has 14 nitrogen and oxygen atoms in total. The lowest BCUT2D eigenvalue weighted by molar-refractivity contribution is -0.142. The molecule has 0 rings (SSSR count). The van der Waals surface area contributed by atoms with Gasteiger partial charge in [0.25, 0.3) is 0 Å². The highest BCUT2D eigenvalue weighted by molar-refractivity contribution is 5.87. The summed E-state index contributed by atoms with van der Waals surface area (Å²) in [4.78, 5) is 67.6. The van der Waals surface area contributed by atoms with Gasteiger partial charge in [0.15, 0.2) is 0 Å². The Bertz CT molecular complexity index is 858. The van der Waals surface area contributed by atoms with Gasteiger partial charge in [-0.15, -0.1) is 0 Å². The number of rotatable bonds is 35. The average Bonchev–Trinajstić information content (AvgIpc) is 3.04. The number of ether oxygens (including phenoxy) is 3. The Hall–Kier alpha value is -3.10. The summed E-state index contributed by atoms with van der Waals surface area (Å²) in [5, 5.41) is 25.6. The smallest absolute Gasteiger partial charge is 0.326 e. The first kappa shape index (κ1) is 43.9. The van der Waals surface area contributed by atoms with Crippen molar-refractivity contribution >= 4 is 35.9 Å². The molecule has 0 unspecified atom stereocenters. The number of aliphatic carboxylic acids is 2. The summed E-state index contributed by atoms with van der Waals surface area (Å²) in [5.74, 6) is -2.73. The maximum absolute atomic E-state index is 11.9. The molecule has 0 saturated heterocycles. The lowest BCUT2D eigenvalue weighted by Gasteiger charge is -2.13. The largest absolute Gasteiger partial charge is 0.481 e. The second-order valence-corrected chi connectivity index (χ2v) is 11.4. The van der Waals surface area contributed by atoms with E-state index in [-0.39, 0.29) is 43.9 Å². The molecule has 0 saturated carbocycles. The van der Waals surface area contributed by atoms with Gasteiger partial charge in [0.05, 0.1) is 26.4 Å². The number of hydrogen-bond donors (Lipinski definition) is 5. The predicted molar refractivity (Wildman–Crippen MR) is 175 cm³/mol. The molecule has 0 spiro atoms. The monoisotopic (exact) mass is 673 g/mol. The molecule has 0 aromatic heterocycles. The molecule has 0 aliphatic carbocycles. The lowest BCUT2D eigenvalue weighted by Crippen LogP contribution is -2.41. The first-order chi connectivity index (χ1) is 22.8. The average molecular weight is 674 g/mol. The zero-order chi connectivity index (χ0) is 34.8. The minimum atomic E-state index is -1.22. The van der Waals surface area contributed by atoms with Crippen molar-refractivity contribution in [3.8, 4) is 0 Å². The van der Waals surface area contributed by atoms with E-state index in [1.165, 1.54) is 25.7 Å². The van der Waals surface area contributed by atoms with Crippen molar-refractivity contribution in [2.24, 2.45) is 0 Å². The molecule has 0 fully saturated rings. The van der Waals surface area contributed by atoms with Crippen molar-refractivity contribution in [1.29, 1.82) is 0 Å². The topological polar surface area (TPSA) is 207 Å². The Morgan fingerprint density at radius 2 is 0.957 bits per heavy atom. The molecule has 0 aliphatic heterocycles. The highest BCUT2D eigenvalue weighted by Gasteiger charge is 2.19. The Balaban J connectivity index is 3.39. The number of aldehydes is 1. The number of hydrogen-bond acceptors (Lipinski definition) is 9. The Morgan fingerprint density at radius 1 is 0.532 bits per heavy atom. The van der Waals surface area contributed by atoms with Gasteiger partial charge in [-0.25, -0.2) is 4.79 Å². The van der Waals surface area contributed by atoms with Gasteiger partial charge in [-0.1, -0.05) is 51.4 Å². The SMILES string of the molecule is O=CCC[C@H](NC(=O)CCC(=O)NCCCOCCOCCOCCCNC(=O)CCCCCCCCCCCCC(=O)O)C(=O)O. The van der Waals surface area contributed by atoms with Crippen LogP contribution in [-0.4, -0.2) is 105 Å². The van der Waals surface area contributed by atoms with E-state index in [0.29, 0.717) is 71.9 Å². The number of carbonyl (C=O) groups excluding carboxylic acids is 4. The van der Waals surface area contributed by atoms with E-state index in [2.05, 4.69) is 16.0 Å². The molecule has 0 radical (unpaired) electrons. The van der Waals surface area contributed by atoms with E-state index < -0.39 is 23.9 Å². The summed E-state index contributed by atoms with van der Waals surface area (Å²) in [7, 11) is 0. The summed E-state index contributed by atoms with van der Waals surface area (Å²) in [5.41, 5.74) is 0. The number of unbranched alkanes of at least 4 members (excludes halogenated alkanes) is 9. The standard InChI is InChI=1S/C33H59N3O11/c37-21-11-14-28(33(43)44)36-31(40)18-17-30(39)35-20-13-23-46-25-27-47-26-24-45-22-12-19-34-29(38)15-9-7-5-3-1-2-4-6-8-10-16-32(41)42/h21,28H,1-20,22-27H2,(H,34,38)(H,35,39)(H,36,40)(H,41,42)(H,43,44)/t28-/m0/s1. The van der Waals surface area contributed by atoms with Crippen molar-refractivity contribution < 1.29 is 53.2 Å². The van der Waals surface area contributed by atoms with Crippen LogP contribution in [0.2, 0.25) is 0 Å². The molecule has 0 bridgehead atoms. The number of amides is 3. The van der Waals surface area contributed by atoms with Crippen LogP contribution in [0.4, 0.5) is 0 Å². The van der Waals surface area contributed by atoms with E-state index in [1.807, 2.05) is 0 Å². The van der Waals surface area contributed by atoms with Gasteiger partial charge >= 0.3 is 11.9 Å². The molecule has 0 aromatic rings. The molecular formula is C33H59N3O11. The number of carboxylic acid groups (broad SMARTS) is 2. The van der Waals surface area contributed by atoms with Crippen LogP contribution in [0.1, 0.15) is 116 Å². The molecule has 5 N–H and O–H groups in total. The minimum Gasteiger partial charge on any atom is -0.481 e. The number of nitrogens with one attached hydrogen (secondary N) is 3. The maximum Gasteiger partial charge on any atom is 0.326 e. The van der Waals surface area contributed by atoms with Crippen LogP contribution >= 0.6 is 0 Å². The van der Waals surface area contributed by atoms with Gasteiger partial charge in [-0.05, 0) is 32.1 Å². The van der Waals surface area contributed by atoms with Crippen molar-refractivity contribution in [2.75, 3.05) is 52.7 Å². The number of carboxylic acids is 2. The van der Waals surface area contributed by atoms with Crippen LogP contribution in [-0.2, 0) is 43.0 Å². The van der Waals surface area contributed by atoms with Crippen molar-refractivity contribution in [3.63, 3.8) is 0 Å². The van der Waals surface area contributed by atoms with Crippen molar-refractivity contribution in [1.82, 2.24) is 16.0 Å². The summed E-state index contributed by atoms with van der Waals surface area (Å²) in [6.07, 6.45) is 13.3. The van der Waals surface area contributed by atoms with Crippen LogP contribution in [0.25, 0.3) is 0 Å². The summed E-state index contributed by atoms with van der Waals surface area (Å²) < 4.78 is 16.4. The molecule has 3 amide bonds. The fraction of sp³-hybridized carbons (Fsp3) is 0.818. The molecule has 47 heavy (non-hydrogen) atoms. The van der Waals surface area contributed by atoms with Crippen molar-refractivity contribution in [2.45, 2.75) is 122 Å². The molecule has 0 aromatic carbocycles. The lowest BCUT2D eigenvalue weighted by atomic mass is 10.1. The second kappa shape index (κ2) is 32.8. The van der Waals surface area contributed by atoms with Gasteiger partial charge in [0.1, 0.15) is 12.3 Å². The molecular weight excluding hydrogens is 614 g/mol. The zero-order valence-corrected chi connectivity index (χ0v) is 28.1. The molecule has 1 atom stereocenters. The summed E-state index contributed by atoms with van der Waals surface area (Å²) in [6.45, 7) is 3.67. The highest BCUT2D eigenvalue weighted by atomic mass is 16.5. The van der Waals surface area contributed by atoms with Crippen molar-refractivity contribution in [3.05, 3.63) is 0 Å². The maximum atomic E-state index is 11.9. The quantitative estimate of drug-likeness (QED) is 0.0488. The molecule has 0 heterocycles. The number of carbonyl (C=O) groups is 6. The highest BCUT2D eigenvalue weighted by Crippen LogP contribution is 2.12. The van der Waals surface area contributed by atoms with Gasteiger partial charge in [0.2, 0.25) is 17.7 Å². The Labute approximate surface area is 279 Å². The van der Waals surface area contributed by atoms with Gasteiger partial charge in [-0.3, -0.25) is 19.2 Å². The third-order valence-corrected chi connectivity index (χ3v) is 7.15.